The van der Waals surface area contributed by atoms with Gasteiger partial charge in [0.25, 0.3) is 0 Å². The Labute approximate surface area is 137 Å². The monoisotopic (exact) mass is 312 g/mol. The highest BCUT2D eigenvalue weighted by Gasteiger charge is 2.25. The summed E-state index contributed by atoms with van der Waals surface area (Å²) < 4.78 is 1.83. The van der Waals surface area contributed by atoms with Crippen molar-refractivity contribution in [3.05, 3.63) is 47.7 Å². The lowest BCUT2D eigenvalue weighted by atomic mass is 9.99. The van der Waals surface area contributed by atoms with E-state index >= 15 is 0 Å². The number of hydrogen-bond acceptors (Lipinski definition) is 3. The first-order valence-corrected chi connectivity index (χ1v) is 8.21. The van der Waals surface area contributed by atoms with Crippen LogP contribution in [0.1, 0.15) is 37.9 Å². The first kappa shape index (κ1) is 15.7. The Balaban J connectivity index is 1.67. The molecule has 0 aliphatic carbocycles. The van der Waals surface area contributed by atoms with Gasteiger partial charge < -0.3 is 5.32 Å². The zero-order chi connectivity index (χ0) is 16.4. The van der Waals surface area contributed by atoms with Gasteiger partial charge in [-0.2, -0.15) is 5.10 Å². The molecule has 2 heterocycles. The van der Waals surface area contributed by atoms with Crippen molar-refractivity contribution in [2.24, 2.45) is 0 Å². The Morgan fingerprint density at radius 1 is 1.17 bits per heavy atom. The molecule has 1 aliphatic rings. The Hall–Kier alpha value is -2.14. The van der Waals surface area contributed by atoms with Crippen molar-refractivity contribution >= 4 is 11.7 Å². The van der Waals surface area contributed by atoms with Gasteiger partial charge in [0.2, 0.25) is 5.91 Å². The van der Waals surface area contributed by atoms with Gasteiger partial charge >= 0.3 is 0 Å². The fraction of sp³-hybridized carbons (Fsp3) is 0.444. The SMILES string of the molecule is CC(C)n1nccc1NC(=O)[C@@H](C)N1CCc2ccccc2C1. The third kappa shape index (κ3) is 3.29. The fourth-order valence-electron chi connectivity index (χ4n) is 3.07. The quantitative estimate of drug-likeness (QED) is 0.944. The minimum absolute atomic E-state index is 0.0202. The summed E-state index contributed by atoms with van der Waals surface area (Å²) in [5, 5.41) is 7.27. The third-order valence-corrected chi connectivity index (χ3v) is 4.50. The number of carbonyl (C=O) groups is 1. The zero-order valence-electron chi connectivity index (χ0n) is 14.0. The molecule has 1 N–H and O–H groups in total. The molecule has 5 nitrogen and oxygen atoms in total. The summed E-state index contributed by atoms with van der Waals surface area (Å²) in [6.07, 6.45) is 2.72. The minimum atomic E-state index is -0.168. The summed E-state index contributed by atoms with van der Waals surface area (Å²) in [6, 6.07) is 10.4. The van der Waals surface area contributed by atoms with Crippen LogP contribution in [0.2, 0.25) is 0 Å². The topological polar surface area (TPSA) is 50.2 Å². The van der Waals surface area contributed by atoms with Gasteiger partial charge in [-0.1, -0.05) is 24.3 Å². The standard InChI is InChI=1S/C18H24N4O/c1-13(2)22-17(8-10-19-22)20-18(23)14(3)21-11-9-15-6-4-5-7-16(15)12-21/h4-8,10,13-14H,9,11-12H2,1-3H3,(H,20,23)/t14-/m1/s1. The number of rotatable bonds is 4. The number of hydrogen-bond donors (Lipinski definition) is 1. The average Bonchev–Trinajstić information content (AvgIpc) is 3.02. The van der Waals surface area contributed by atoms with Gasteiger partial charge in [-0.15, -0.1) is 0 Å². The van der Waals surface area contributed by atoms with Gasteiger partial charge in [0.05, 0.1) is 12.2 Å². The molecule has 0 unspecified atom stereocenters. The number of nitrogens with one attached hydrogen (secondary N) is 1. The number of aromatic nitrogens is 2. The van der Waals surface area contributed by atoms with Gasteiger partial charge in [-0.05, 0) is 38.3 Å². The molecule has 122 valence electrons. The molecule has 0 spiro atoms. The first-order chi connectivity index (χ1) is 11.1. The molecule has 5 heteroatoms. The van der Waals surface area contributed by atoms with E-state index in [1.165, 1.54) is 11.1 Å². The molecule has 1 atom stereocenters. The Bertz CT molecular complexity index is 692. The van der Waals surface area contributed by atoms with Crippen molar-refractivity contribution in [2.45, 2.75) is 45.8 Å². The van der Waals surface area contributed by atoms with E-state index in [2.05, 4.69) is 39.6 Å². The molecule has 1 aliphatic heterocycles. The van der Waals surface area contributed by atoms with Crippen molar-refractivity contribution in [1.82, 2.24) is 14.7 Å². The second-order valence-corrected chi connectivity index (χ2v) is 6.41. The summed E-state index contributed by atoms with van der Waals surface area (Å²) >= 11 is 0. The molecular formula is C18H24N4O. The van der Waals surface area contributed by atoms with Crippen molar-refractivity contribution in [2.75, 3.05) is 11.9 Å². The molecule has 23 heavy (non-hydrogen) atoms. The van der Waals surface area contributed by atoms with Crippen molar-refractivity contribution in [3.8, 4) is 0 Å². The largest absolute Gasteiger partial charge is 0.310 e. The minimum Gasteiger partial charge on any atom is -0.310 e. The Morgan fingerprint density at radius 2 is 1.91 bits per heavy atom. The lowest BCUT2D eigenvalue weighted by Crippen LogP contribution is -2.44. The lowest BCUT2D eigenvalue weighted by molar-refractivity contribution is -0.121. The maximum Gasteiger partial charge on any atom is 0.242 e. The number of nitrogens with zero attached hydrogens (tertiary/aromatic N) is 3. The molecule has 1 aromatic carbocycles. The van der Waals surface area contributed by atoms with Crippen LogP contribution in [0.5, 0.6) is 0 Å². The maximum absolute atomic E-state index is 12.6. The van der Waals surface area contributed by atoms with Crippen LogP contribution in [0.3, 0.4) is 0 Å². The van der Waals surface area contributed by atoms with E-state index in [1.807, 2.05) is 31.5 Å². The fourth-order valence-corrected chi connectivity index (χ4v) is 3.07. The Morgan fingerprint density at radius 3 is 2.65 bits per heavy atom. The van der Waals surface area contributed by atoms with Gasteiger partial charge in [0.1, 0.15) is 5.82 Å². The van der Waals surface area contributed by atoms with Crippen molar-refractivity contribution < 1.29 is 4.79 Å². The summed E-state index contributed by atoms with van der Waals surface area (Å²) in [5.74, 6) is 0.779. The van der Waals surface area contributed by atoms with Crippen LogP contribution >= 0.6 is 0 Å². The Kier molecular flexibility index (Phi) is 4.48. The lowest BCUT2D eigenvalue weighted by Gasteiger charge is -2.32. The first-order valence-electron chi connectivity index (χ1n) is 8.21. The van der Waals surface area contributed by atoms with Crippen LogP contribution in [0, 0.1) is 0 Å². The molecule has 0 bridgehead atoms. The van der Waals surface area contributed by atoms with Crippen LogP contribution in [0.4, 0.5) is 5.82 Å². The summed E-state index contributed by atoms with van der Waals surface area (Å²) in [7, 11) is 0. The highest BCUT2D eigenvalue weighted by molar-refractivity contribution is 5.93. The predicted molar refractivity (Wildman–Crippen MR) is 91.3 cm³/mol. The van der Waals surface area contributed by atoms with E-state index in [4.69, 9.17) is 0 Å². The second-order valence-electron chi connectivity index (χ2n) is 6.41. The van der Waals surface area contributed by atoms with Crippen LogP contribution < -0.4 is 5.32 Å². The summed E-state index contributed by atoms with van der Waals surface area (Å²) in [4.78, 5) is 14.8. The van der Waals surface area contributed by atoms with E-state index in [0.29, 0.717) is 0 Å². The third-order valence-electron chi connectivity index (χ3n) is 4.50. The average molecular weight is 312 g/mol. The zero-order valence-corrected chi connectivity index (χ0v) is 14.0. The number of benzene rings is 1. The molecule has 0 saturated carbocycles. The molecule has 0 saturated heterocycles. The molecule has 0 radical (unpaired) electrons. The number of amides is 1. The van der Waals surface area contributed by atoms with Crippen molar-refractivity contribution in [1.29, 1.82) is 0 Å². The highest BCUT2D eigenvalue weighted by Crippen LogP contribution is 2.21. The number of fused-ring (bicyclic) bond motifs is 1. The normalized spacial score (nSPS) is 16.2. The second kappa shape index (κ2) is 6.54. The van der Waals surface area contributed by atoms with Gasteiger partial charge in [-0.3, -0.25) is 9.69 Å². The van der Waals surface area contributed by atoms with E-state index in [9.17, 15) is 4.79 Å². The number of carbonyl (C=O) groups excluding carboxylic acids is 1. The molecule has 1 aromatic heterocycles. The van der Waals surface area contributed by atoms with E-state index in [-0.39, 0.29) is 18.0 Å². The molecule has 1 amide bonds. The van der Waals surface area contributed by atoms with Crippen LogP contribution in [0.15, 0.2) is 36.5 Å². The van der Waals surface area contributed by atoms with Crippen LogP contribution in [0.25, 0.3) is 0 Å². The van der Waals surface area contributed by atoms with Crippen LogP contribution in [-0.2, 0) is 17.8 Å². The molecule has 3 rings (SSSR count). The van der Waals surface area contributed by atoms with E-state index < -0.39 is 0 Å². The molecular weight excluding hydrogens is 288 g/mol. The summed E-state index contributed by atoms with van der Waals surface area (Å²) in [6.45, 7) is 7.81. The maximum atomic E-state index is 12.6. The number of anilines is 1. The smallest absolute Gasteiger partial charge is 0.242 e. The summed E-state index contributed by atoms with van der Waals surface area (Å²) in [5.41, 5.74) is 2.72. The van der Waals surface area contributed by atoms with Gasteiger partial charge in [0, 0.05) is 25.2 Å². The van der Waals surface area contributed by atoms with Crippen molar-refractivity contribution in [3.63, 3.8) is 0 Å². The predicted octanol–water partition coefficient (Wildman–Crippen LogP) is 2.85. The highest BCUT2D eigenvalue weighted by atomic mass is 16.2. The van der Waals surface area contributed by atoms with Gasteiger partial charge in [-0.25, -0.2) is 4.68 Å². The van der Waals surface area contributed by atoms with E-state index in [1.54, 1.807) is 6.20 Å². The molecule has 0 fully saturated rings. The molecule has 2 aromatic rings. The van der Waals surface area contributed by atoms with E-state index in [0.717, 1.165) is 25.3 Å². The van der Waals surface area contributed by atoms with Crippen LogP contribution in [-0.4, -0.2) is 33.2 Å². The van der Waals surface area contributed by atoms with Gasteiger partial charge in [0.15, 0.2) is 0 Å².